The second-order valence-corrected chi connectivity index (χ2v) is 6.32. The molecule has 0 saturated heterocycles. The molecule has 1 aromatic heterocycles. The summed E-state index contributed by atoms with van der Waals surface area (Å²) in [5.74, 6) is 0.535. The third-order valence-electron chi connectivity index (χ3n) is 3.54. The highest BCUT2D eigenvalue weighted by molar-refractivity contribution is 9.10. The van der Waals surface area contributed by atoms with Crippen LogP contribution < -0.4 is 10.5 Å². The summed E-state index contributed by atoms with van der Waals surface area (Å²) in [6.07, 6.45) is 1.70. The number of anilines is 1. The lowest BCUT2D eigenvalue weighted by atomic mass is 10.0. The first kappa shape index (κ1) is 15.8. The lowest BCUT2D eigenvalue weighted by Gasteiger charge is -2.20. The van der Waals surface area contributed by atoms with Gasteiger partial charge in [-0.05, 0) is 33.0 Å². The van der Waals surface area contributed by atoms with Crippen LogP contribution in [-0.2, 0) is 13.6 Å². The fraction of sp³-hybridized carbons (Fsp3) is 0.375. The SMILES string of the molecule is CC(C)c1ccc(CN(C)c2cnn(C)c(=O)c2Br)cc1. The Hall–Kier alpha value is -1.62. The summed E-state index contributed by atoms with van der Waals surface area (Å²) in [5.41, 5.74) is 3.20. The quantitative estimate of drug-likeness (QED) is 0.849. The summed E-state index contributed by atoms with van der Waals surface area (Å²) in [4.78, 5) is 13.9. The van der Waals surface area contributed by atoms with Crippen LogP contribution in [0.2, 0.25) is 0 Å². The third-order valence-corrected chi connectivity index (χ3v) is 4.28. The zero-order chi connectivity index (χ0) is 15.6. The monoisotopic (exact) mass is 349 g/mol. The van der Waals surface area contributed by atoms with Crippen LogP contribution in [0.5, 0.6) is 0 Å². The average Bonchev–Trinajstić information content (AvgIpc) is 2.45. The van der Waals surface area contributed by atoms with Crippen LogP contribution in [0.1, 0.15) is 30.9 Å². The molecule has 2 aromatic rings. The van der Waals surface area contributed by atoms with Crippen molar-refractivity contribution in [3.63, 3.8) is 0 Å². The van der Waals surface area contributed by atoms with Gasteiger partial charge in [0.25, 0.3) is 5.56 Å². The molecule has 0 bridgehead atoms. The van der Waals surface area contributed by atoms with Gasteiger partial charge in [0.2, 0.25) is 0 Å². The maximum Gasteiger partial charge on any atom is 0.282 e. The molecule has 0 aliphatic heterocycles. The molecule has 0 spiro atoms. The maximum absolute atomic E-state index is 11.9. The first-order valence-electron chi connectivity index (χ1n) is 6.92. The van der Waals surface area contributed by atoms with Crippen molar-refractivity contribution in [2.45, 2.75) is 26.3 Å². The van der Waals surface area contributed by atoms with Crippen LogP contribution >= 0.6 is 15.9 Å². The lowest BCUT2D eigenvalue weighted by Crippen LogP contribution is -2.25. The fourth-order valence-electron chi connectivity index (χ4n) is 2.14. The number of benzene rings is 1. The molecule has 1 aromatic carbocycles. The molecular weight excluding hydrogens is 330 g/mol. The van der Waals surface area contributed by atoms with Crippen LogP contribution in [0.4, 0.5) is 5.69 Å². The van der Waals surface area contributed by atoms with Gasteiger partial charge in [0.1, 0.15) is 4.47 Å². The molecule has 0 atom stereocenters. The summed E-state index contributed by atoms with van der Waals surface area (Å²) in [5, 5.41) is 4.07. The molecular formula is C16H20BrN3O. The Morgan fingerprint density at radius 3 is 2.48 bits per heavy atom. The maximum atomic E-state index is 11.9. The predicted molar refractivity (Wildman–Crippen MR) is 89.8 cm³/mol. The van der Waals surface area contributed by atoms with Crippen molar-refractivity contribution in [2.24, 2.45) is 7.05 Å². The summed E-state index contributed by atoms with van der Waals surface area (Å²) >= 11 is 3.36. The number of rotatable bonds is 4. The van der Waals surface area contributed by atoms with Gasteiger partial charge in [0.05, 0.1) is 11.9 Å². The number of hydrogen-bond acceptors (Lipinski definition) is 3. The molecule has 2 rings (SSSR count). The van der Waals surface area contributed by atoms with Crippen molar-refractivity contribution in [3.05, 3.63) is 56.4 Å². The van der Waals surface area contributed by atoms with Crippen molar-refractivity contribution in [2.75, 3.05) is 11.9 Å². The van der Waals surface area contributed by atoms with Gasteiger partial charge in [-0.25, -0.2) is 4.68 Å². The van der Waals surface area contributed by atoms with Crippen molar-refractivity contribution < 1.29 is 0 Å². The second-order valence-electron chi connectivity index (χ2n) is 5.52. The van der Waals surface area contributed by atoms with E-state index in [1.165, 1.54) is 15.8 Å². The Kier molecular flexibility index (Phi) is 4.83. The number of nitrogens with zero attached hydrogens (tertiary/aromatic N) is 3. The van der Waals surface area contributed by atoms with Crippen molar-refractivity contribution >= 4 is 21.6 Å². The molecule has 5 heteroatoms. The van der Waals surface area contributed by atoms with Gasteiger partial charge >= 0.3 is 0 Å². The van der Waals surface area contributed by atoms with E-state index < -0.39 is 0 Å². The van der Waals surface area contributed by atoms with E-state index in [1.807, 2.05) is 11.9 Å². The van der Waals surface area contributed by atoms with Gasteiger partial charge in [0.15, 0.2) is 0 Å². The molecule has 0 saturated carbocycles. The molecule has 0 aliphatic carbocycles. The molecule has 112 valence electrons. The zero-order valence-corrected chi connectivity index (χ0v) is 14.4. The average molecular weight is 350 g/mol. The number of hydrogen-bond donors (Lipinski definition) is 0. The predicted octanol–water partition coefficient (Wildman–Crippen LogP) is 3.30. The first-order valence-corrected chi connectivity index (χ1v) is 7.71. The summed E-state index contributed by atoms with van der Waals surface area (Å²) in [7, 11) is 3.60. The third kappa shape index (κ3) is 3.53. The van der Waals surface area contributed by atoms with Crippen LogP contribution in [0.3, 0.4) is 0 Å². The van der Waals surface area contributed by atoms with E-state index >= 15 is 0 Å². The lowest BCUT2D eigenvalue weighted by molar-refractivity contribution is 0.698. The minimum Gasteiger partial charge on any atom is -0.368 e. The van der Waals surface area contributed by atoms with Crippen molar-refractivity contribution in [3.8, 4) is 0 Å². The highest BCUT2D eigenvalue weighted by Crippen LogP contribution is 2.22. The number of aryl methyl sites for hydroxylation is 1. The second kappa shape index (κ2) is 6.43. The van der Waals surface area contributed by atoms with Gasteiger partial charge in [-0.3, -0.25) is 4.79 Å². The molecule has 1 heterocycles. The molecule has 4 nitrogen and oxygen atoms in total. The van der Waals surface area contributed by atoms with E-state index in [-0.39, 0.29) is 5.56 Å². The van der Waals surface area contributed by atoms with Crippen LogP contribution in [0.15, 0.2) is 39.7 Å². The van der Waals surface area contributed by atoms with E-state index in [1.54, 1.807) is 13.2 Å². The molecule has 0 unspecified atom stereocenters. The summed E-state index contributed by atoms with van der Waals surface area (Å²) < 4.78 is 1.86. The number of aromatic nitrogens is 2. The molecule has 0 amide bonds. The topological polar surface area (TPSA) is 38.1 Å². The molecule has 0 radical (unpaired) electrons. The minimum absolute atomic E-state index is 0.130. The van der Waals surface area contributed by atoms with E-state index in [0.717, 1.165) is 12.2 Å². The molecule has 21 heavy (non-hydrogen) atoms. The largest absolute Gasteiger partial charge is 0.368 e. The van der Waals surface area contributed by atoms with Crippen molar-refractivity contribution in [1.82, 2.24) is 9.78 Å². The van der Waals surface area contributed by atoms with Gasteiger partial charge in [-0.1, -0.05) is 38.1 Å². The normalized spacial score (nSPS) is 11.0. The van der Waals surface area contributed by atoms with Crippen LogP contribution in [0, 0.1) is 0 Å². The Morgan fingerprint density at radius 1 is 1.29 bits per heavy atom. The van der Waals surface area contributed by atoms with E-state index in [0.29, 0.717) is 10.4 Å². The highest BCUT2D eigenvalue weighted by atomic mass is 79.9. The van der Waals surface area contributed by atoms with E-state index in [9.17, 15) is 4.79 Å². The standard InChI is InChI=1S/C16H20BrN3O/c1-11(2)13-7-5-12(6-8-13)10-19(3)14-9-18-20(4)16(21)15(14)17/h5-9,11H,10H2,1-4H3. The minimum atomic E-state index is -0.130. The smallest absolute Gasteiger partial charge is 0.282 e. The Bertz CT molecular complexity index is 677. The van der Waals surface area contributed by atoms with Gasteiger partial charge in [-0.2, -0.15) is 5.10 Å². The molecule has 0 fully saturated rings. The van der Waals surface area contributed by atoms with Crippen molar-refractivity contribution in [1.29, 1.82) is 0 Å². The zero-order valence-electron chi connectivity index (χ0n) is 12.8. The van der Waals surface area contributed by atoms with Gasteiger partial charge < -0.3 is 4.90 Å². The Labute approximate surface area is 133 Å². The van der Waals surface area contributed by atoms with E-state index in [2.05, 4.69) is 59.1 Å². The first-order chi connectivity index (χ1) is 9.90. The van der Waals surface area contributed by atoms with Gasteiger partial charge in [0, 0.05) is 20.6 Å². The number of halogens is 1. The molecule has 0 N–H and O–H groups in total. The van der Waals surface area contributed by atoms with Crippen LogP contribution in [0.25, 0.3) is 0 Å². The fourth-order valence-corrected chi connectivity index (χ4v) is 2.80. The Morgan fingerprint density at radius 2 is 1.90 bits per heavy atom. The Balaban J connectivity index is 2.20. The van der Waals surface area contributed by atoms with E-state index in [4.69, 9.17) is 0 Å². The summed E-state index contributed by atoms with van der Waals surface area (Å²) in [6, 6.07) is 8.58. The van der Waals surface area contributed by atoms with Gasteiger partial charge in [-0.15, -0.1) is 0 Å². The van der Waals surface area contributed by atoms with Crippen LogP contribution in [-0.4, -0.2) is 16.8 Å². The highest BCUT2D eigenvalue weighted by Gasteiger charge is 2.11. The summed E-state index contributed by atoms with van der Waals surface area (Å²) in [6.45, 7) is 5.10. The molecule has 0 aliphatic rings.